The molecule has 1 aliphatic carbocycles. The molecule has 1 amide bonds. The van der Waals surface area contributed by atoms with Crippen LogP contribution in [0.4, 0.5) is 0 Å². The summed E-state index contributed by atoms with van der Waals surface area (Å²) >= 11 is 3.45. The topological polar surface area (TPSA) is 66.4 Å². The zero-order chi connectivity index (χ0) is 15.5. The minimum absolute atomic E-state index is 0.0498. The van der Waals surface area contributed by atoms with Crippen molar-refractivity contribution in [3.8, 4) is 0 Å². The first kappa shape index (κ1) is 16.0. The number of aliphatic carboxylic acids is 1. The highest BCUT2D eigenvalue weighted by molar-refractivity contribution is 9.10. The smallest absolute Gasteiger partial charge is 0.308 e. The van der Waals surface area contributed by atoms with Gasteiger partial charge in [-0.05, 0) is 30.5 Å². The molecule has 1 atom stereocenters. The third-order valence-corrected chi connectivity index (χ3v) is 4.75. The van der Waals surface area contributed by atoms with Gasteiger partial charge in [-0.15, -0.1) is 0 Å². The van der Waals surface area contributed by atoms with Gasteiger partial charge < -0.3 is 10.4 Å². The van der Waals surface area contributed by atoms with E-state index >= 15 is 0 Å². The lowest BCUT2D eigenvalue weighted by Gasteiger charge is -2.29. The molecule has 0 heterocycles. The van der Waals surface area contributed by atoms with E-state index in [2.05, 4.69) is 21.2 Å². The Bertz CT molecular complexity index is 538. The van der Waals surface area contributed by atoms with Crippen molar-refractivity contribution in [3.63, 3.8) is 0 Å². The maximum atomic E-state index is 12.7. The van der Waals surface area contributed by atoms with Gasteiger partial charge in [0.15, 0.2) is 0 Å². The molecule has 0 aliphatic heterocycles. The molecule has 0 bridgehead atoms. The Morgan fingerprint density at radius 2 is 2.05 bits per heavy atom. The summed E-state index contributed by atoms with van der Waals surface area (Å²) in [6, 6.07) is 7.85. The molecule has 2 N–H and O–H groups in total. The van der Waals surface area contributed by atoms with Crippen LogP contribution < -0.4 is 5.32 Å². The average Bonchev–Trinajstić information content (AvgIpc) is 2.95. The second-order valence-electron chi connectivity index (χ2n) is 5.75. The summed E-state index contributed by atoms with van der Waals surface area (Å²) in [5.74, 6) is -1.51. The van der Waals surface area contributed by atoms with Crippen molar-refractivity contribution in [1.82, 2.24) is 5.32 Å². The molecule has 1 aromatic rings. The van der Waals surface area contributed by atoms with Crippen LogP contribution in [-0.4, -0.2) is 23.5 Å². The van der Waals surface area contributed by atoms with Gasteiger partial charge in [-0.3, -0.25) is 9.59 Å². The van der Waals surface area contributed by atoms with E-state index in [4.69, 9.17) is 5.11 Å². The molecule has 21 heavy (non-hydrogen) atoms. The van der Waals surface area contributed by atoms with Crippen molar-refractivity contribution in [2.24, 2.45) is 5.92 Å². The summed E-state index contributed by atoms with van der Waals surface area (Å²) in [5, 5.41) is 11.7. The van der Waals surface area contributed by atoms with E-state index in [-0.39, 0.29) is 12.5 Å². The van der Waals surface area contributed by atoms with Crippen molar-refractivity contribution in [3.05, 3.63) is 34.3 Å². The van der Waals surface area contributed by atoms with Gasteiger partial charge in [-0.1, -0.05) is 47.8 Å². The number of carbonyl (C=O) groups excluding carboxylic acids is 1. The van der Waals surface area contributed by atoms with Crippen LogP contribution >= 0.6 is 15.9 Å². The van der Waals surface area contributed by atoms with Crippen LogP contribution in [0.15, 0.2) is 28.7 Å². The van der Waals surface area contributed by atoms with E-state index < -0.39 is 17.3 Å². The molecule has 0 radical (unpaired) electrons. The molecule has 1 unspecified atom stereocenters. The average molecular weight is 354 g/mol. The molecule has 0 saturated heterocycles. The molecule has 1 saturated carbocycles. The number of carboxylic acids is 1. The second-order valence-corrected chi connectivity index (χ2v) is 6.66. The molecule has 1 aromatic carbocycles. The maximum absolute atomic E-state index is 12.7. The molecule has 0 aromatic heterocycles. The molecule has 0 spiro atoms. The lowest BCUT2D eigenvalue weighted by molar-refractivity contribution is -0.141. The van der Waals surface area contributed by atoms with Crippen molar-refractivity contribution in [2.45, 2.75) is 38.0 Å². The third kappa shape index (κ3) is 3.46. The fourth-order valence-electron chi connectivity index (χ4n) is 2.91. The Morgan fingerprint density at radius 1 is 1.38 bits per heavy atom. The van der Waals surface area contributed by atoms with Gasteiger partial charge in [-0.2, -0.15) is 0 Å². The third-order valence-electron chi connectivity index (χ3n) is 4.26. The van der Waals surface area contributed by atoms with E-state index in [1.54, 1.807) is 6.92 Å². The summed E-state index contributed by atoms with van der Waals surface area (Å²) in [6.07, 6.45) is 3.68. The number of hydrogen-bond donors (Lipinski definition) is 2. The minimum atomic E-state index is -0.891. The Morgan fingerprint density at radius 3 is 2.62 bits per heavy atom. The lowest BCUT2D eigenvalue weighted by atomic mass is 9.78. The van der Waals surface area contributed by atoms with Gasteiger partial charge in [0.1, 0.15) is 0 Å². The summed E-state index contributed by atoms with van der Waals surface area (Å²) in [6.45, 7) is 1.77. The van der Waals surface area contributed by atoms with Crippen LogP contribution in [0.2, 0.25) is 0 Å². The van der Waals surface area contributed by atoms with Crippen molar-refractivity contribution >= 4 is 27.8 Å². The standard InChI is InChI=1S/C16H20BrNO3/c1-11(14(19)20)10-18-15(21)16(7-2-3-8-16)12-5-4-6-13(17)9-12/h4-6,9,11H,2-3,7-8,10H2,1H3,(H,18,21)(H,19,20). The van der Waals surface area contributed by atoms with Crippen molar-refractivity contribution in [2.75, 3.05) is 6.54 Å². The predicted molar refractivity (Wildman–Crippen MR) is 84.1 cm³/mol. The van der Waals surface area contributed by atoms with Crippen LogP contribution in [0, 0.1) is 5.92 Å². The molecule has 114 valence electrons. The highest BCUT2D eigenvalue weighted by Crippen LogP contribution is 2.42. The summed E-state index contributed by atoms with van der Waals surface area (Å²) in [7, 11) is 0. The van der Waals surface area contributed by atoms with E-state index in [0.717, 1.165) is 35.7 Å². The number of rotatable bonds is 5. The zero-order valence-electron chi connectivity index (χ0n) is 12.1. The Hall–Kier alpha value is -1.36. The number of amides is 1. The fraction of sp³-hybridized carbons (Fsp3) is 0.500. The van der Waals surface area contributed by atoms with Crippen LogP contribution in [-0.2, 0) is 15.0 Å². The molecule has 2 rings (SSSR count). The Kier molecular flexibility index (Phi) is 5.04. The van der Waals surface area contributed by atoms with Crippen LogP contribution in [0.5, 0.6) is 0 Å². The number of halogens is 1. The molecule has 1 fully saturated rings. The van der Waals surface area contributed by atoms with E-state index in [1.807, 2.05) is 24.3 Å². The van der Waals surface area contributed by atoms with E-state index in [9.17, 15) is 9.59 Å². The van der Waals surface area contributed by atoms with Gasteiger partial charge in [0, 0.05) is 11.0 Å². The minimum Gasteiger partial charge on any atom is -0.481 e. The first-order valence-corrected chi connectivity index (χ1v) is 8.02. The SMILES string of the molecule is CC(CNC(=O)C1(c2cccc(Br)c2)CCCC1)C(=O)O. The number of benzene rings is 1. The quantitative estimate of drug-likeness (QED) is 0.854. The van der Waals surface area contributed by atoms with E-state index in [0.29, 0.717) is 0 Å². The zero-order valence-corrected chi connectivity index (χ0v) is 13.6. The number of carbonyl (C=O) groups is 2. The lowest BCUT2D eigenvalue weighted by Crippen LogP contribution is -2.44. The van der Waals surface area contributed by atoms with Crippen LogP contribution in [0.1, 0.15) is 38.2 Å². The van der Waals surface area contributed by atoms with Crippen LogP contribution in [0.3, 0.4) is 0 Å². The molecule has 1 aliphatic rings. The summed E-state index contributed by atoms with van der Waals surface area (Å²) in [5.41, 5.74) is 0.497. The highest BCUT2D eigenvalue weighted by atomic mass is 79.9. The second kappa shape index (κ2) is 6.60. The monoisotopic (exact) mass is 353 g/mol. The van der Waals surface area contributed by atoms with Gasteiger partial charge in [0.25, 0.3) is 0 Å². The Balaban J connectivity index is 2.18. The Labute approximate surface area is 133 Å². The van der Waals surface area contributed by atoms with Crippen LogP contribution in [0.25, 0.3) is 0 Å². The molecule has 4 nitrogen and oxygen atoms in total. The molecule has 5 heteroatoms. The predicted octanol–water partition coefficient (Wildman–Crippen LogP) is 3.10. The van der Waals surface area contributed by atoms with Gasteiger partial charge in [0.05, 0.1) is 11.3 Å². The highest BCUT2D eigenvalue weighted by Gasteiger charge is 2.42. The van der Waals surface area contributed by atoms with Gasteiger partial charge >= 0.3 is 5.97 Å². The first-order chi connectivity index (χ1) is 9.95. The molecular weight excluding hydrogens is 334 g/mol. The number of nitrogens with one attached hydrogen (secondary N) is 1. The maximum Gasteiger partial charge on any atom is 0.308 e. The first-order valence-electron chi connectivity index (χ1n) is 7.23. The molecular formula is C16H20BrNO3. The largest absolute Gasteiger partial charge is 0.481 e. The van der Waals surface area contributed by atoms with Crippen molar-refractivity contribution < 1.29 is 14.7 Å². The van der Waals surface area contributed by atoms with E-state index in [1.165, 1.54) is 0 Å². The summed E-state index contributed by atoms with van der Waals surface area (Å²) in [4.78, 5) is 23.6. The number of carboxylic acid groups (broad SMARTS) is 1. The number of hydrogen-bond acceptors (Lipinski definition) is 2. The fourth-order valence-corrected chi connectivity index (χ4v) is 3.31. The van der Waals surface area contributed by atoms with Gasteiger partial charge in [0.2, 0.25) is 5.91 Å². The van der Waals surface area contributed by atoms with Gasteiger partial charge in [-0.25, -0.2) is 0 Å². The normalized spacial score (nSPS) is 18.2. The van der Waals surface area contributed by atoms with Crippen molar-refractivity contribution in [1.29, 1.82) is 0 Å². The summed E-state index contributed by atoms with van der Waals surface area (Å²) < 4.78 is 0.956.